The molecule has 0 bridgehead atoms. The summed E-state index contributed by atoms with van der Waals surface area (Å²) in [6.07, 6.45) is 0.0843. The first-order valence-electron chi connectivity index (χ1n) is 7.62. The van der Waals surface area contributed by atoms with Crippen molar-refractivity contribution in [3.05, 3.63) is 65.7 Å². The summed E-state index contributed by atoms with van der Waals surface area (Å²) in [5, 5.41) is 6.52. The number of benzene rings is 2. The fourth-order valence-electron chi connectivity index (χ4n) is 2.25. The van der Waals surface area contributed by atoms with Crippen molar-refractivity contribution >= 4 is 5.91 Å². The number of amides is 1. The van der Waals surface area contributed by atoms with Gasteiger partial charge in [-0.05, 0) is 42.0 Å². The van der Waals surface area contributed by atoms with Crippen LogP contribution in [0.3, 0.4) is 0 Å². The van der Waals surface area contributed by atoms with Gasteiger partial charge in [-0.15, -0.1) is 0 Å². The second-order valence-corrected chi connectivity index (χ2v) is 5.33. The molecule has 1 amide bonds. The Bertz CT molecular complexity index is 862. The predicted octanol–water partition coefficient (Wildman–Crippen LogP) is 2.74. The Balaban J connectivity index is 1.56. The van der Waals surface area contributed by atoms with Crippen molar-refractivity contribution < 1.29 is 18.4 Å². The van der Waals surface area contributed by atoms with Gasteiger partial charge in [0.1, 0.15) is 11.6 Å². The van der Waals surface area contributed by atoms with Crippen molar-refractivity contribution in [2.45, 2.75) is 13.0 Å². The maximum Gasteiger partial charge on any atom is 0.257 e. The number of ether oxygens (including phenoxy) is 1. The lowest BCUT2D eigenvalue weighted by molar-refractivity contribution is -0.120. The van der Waals surface area contributed by atoms with E-state index in [1.165, 1.54) is 12.1 Å². The van der Waals surface area contributed by atoms with Gasteiger partial charge in [-0.2, -0.15) is 4.98 Å². The minimum atomic E-state index is -0.368. The first-order valence-corrected chi connectivity index (χ1v) is 7.62. The van der Waals surface area contributed by atoms with Crippen molar-refractivity contribution in [1.82, 2.24) is 15.5 Å². The summed E-state index contributed by atoms with van der Waals surface area (Å²) in [6.45, 7) is 0.133. The van der Waals surface area contributed by atoms with Crippen LogP contribution in [0.15, 0.2) is 53.1 Å². The summed E-state index contributed by atoms with van der Waals surface area (Å²) >= 11 is 0. The number of nitrogens with one attached hydrogen (secondary N) is 1. The van der Waals surface area contributed by atoms with Crippen LogP contribution < -0.4 is 10.1 Å². The maximum atomic E-state index is 13.1. The molecule has 0 aliphatic carbocycles. The minimum absolute atomic E-state index is 0.0843. The van der Waals surface area contributed by atoms with Gasteiger partial charge in [0.15, 0.2) is 5.82 Å². The van der Waals surface area contributed by atoms with Gasteiger partial charge in [-0.1, -0.05) is 17.3 Å². The lowest BCUT2D eigenvalue weighted by atomic mass is 10.1. The molecular formula is C18H16FN3O3. The van der Waals surface area contributed by atoms with E-state index >= 15 is 0 Å². The molecule has 0 aliphatic rings. The Labute approximate surface area is 143 Å². The predicted molar refractivity (Wildman–Crippen MR) is 88.2 cm³/mol. The third-order valence-electron chi connectivity index (χ3n) is 3.50. The van der Waals surface area contributed by atoms with Crippen molar-refractivity contribution in [3.8, 4) is 17.2 Å². The molecule has 3 aromatic rings. The highest BCUT2D eigenvalue weighted by Gasteiger charge is 2.10. The van der Waals surface area contributed by atoms with E-state index in [9.17, 15) is 9.18 Å². The summed E-state index contributed by atoms with van der Waals surface area (Å²) in [6, 6.07) is 13.1. The highest BCUT2D eigenvalue weighted by Crippen LogP contribution is 2.20. The van der Waals surface area contributed by atoms with Gasteiger partial charge in [-0.3, -0.25) is 4.79 Å². The topological polar surface area (TPSA) is 77.2 Å². The number of carbonyl (C=O) groups excluding carboxylic acids is 1. The van der Waals surface area contributed by atoms with E-state index in [-0.39, 0.29) is 24.7 Å². The number of nitrogens with zero attached hydrogens (tertiary/aromatic N) is 2. The number of carbonyl (C=O) groups is 1. The number of aromatic nitrogens is 2. The molecule has 3 rings (SSSR count). The van der Waals surface area contributed by atoms with Crippen molar-refractivity contribution in [1.29, 1.82) is 0 Å². The van der Waals surface area contributed by atoms with Crippen LogP contribution in [0.4, 0.5) is 4.39 Å². The lowest BCUT2D eigenvalue weighted by Crippen LogP contribution is -2.25. The second-order valence-electron chi connectivity index (χ2n) is 5.33. The zero-order valence-corrected chi connectivity index (χ0v) is 13.5. The normalized spacial score (nSPS) is 10.5. The zero-order chi connectivity index (χ0) is 17.6. The lowest BCUT2D eigenvalue weighted by Gasteiger charge is -2.02. The number of hydrogen-bond acceptors (Lipinski definition) is 5. The molecule has 0 atom stereocenters. The van der Waals surface area contributed by atoms with Gasteiger partial charge in [0.2, 0.25) is 5.91 Å². The summed E-state index contributed by atoms with van der Waals surface area (Å²) in [7, 11) is 1.59. The van der Waals surface area contributed by atoms with E-state index in [0.717, 1.165) is 11.3 Å². The molecule has 0 fully saturated rings. The highest BCUT2D eigenvalue weighted by molar-refractivity contribution is 5.78. The Morgan fingerprint density at radius 3 is 2.76 bits per heavy atom. The third-order valence-corrected chi connectivity index (χ3v) is 3.50. The molecular weight excluding hydrogens is 325 g/mol. The molecule has 6 nitrogen and oxygen atoms in total. The number of halogens is 1. The van der Waals surface area contributed by atoms with Crippen LogP contribution in [-0.2, 0) is 17.8 Å². The van der Waals surface area contributed by atoms with E-state index < -0.39 is 0 Å². The van der Waals surface area contributed by atoms with Gasteiger partial charge in [0.25, 0.3) is 5.89 Å². The van der Waals surface area contributed by atoms with Crippen molar-refractivity contribution in [2.75, 3.05) is 7.11 Å². The molecule has 2 aromatic carbocycles. The van der Waals surface area contributed by atoms with Crippen LogP contribution in [0.1, 0.15) is 11.4 Å². The summed E-state index contributed by atoms with van der Waals surface area (Å²) in [4.78, 5) is 16.1. The zero-order valence-electron chi connectivity index (χ0n) is 13.5. The first kappa shape index (κ1) is 16.6. The fourth-order valence-corrected chi connectivity index (χ4v) is 2.25. The standard InChI is InChI=1S/C18H16FN3O3/c1-24-15-7-5-13(6-8-15)18-21-16(22-25-18)11-20-17(23)10-12-3-2-4-14(19)9-12/h2-9H,10-11H2,1H3,(H,20,23). The third kappa shape index (κ3) is 4.41. The summed E-state index contributed by atoms with van der Waals surface area (Å²) in [5.41, 5.74) is 1.36. The van der Waals surface area contributed by atoms with Crippen LogP contribution in [0.2, 0.25) is 0 Å². The first-order chi connectivity index (χ1) is 12.1. The van der Waals surface area contributed by atoms with Gasteiger partial charge in [0.05, 0.1) is 20.1 Å². The number of hydrogen-bond donors (Lipinski definition) is 1. The van der Waals surface area contributed by atoms with Gasteiger partial charge >= 0.3 is 0 Å². The molecule has 1 heterocycles. The summed E-state index contributed by atoms with van der Waals surface area (Å²) in [5.74, 6) is 0.831. The van der Waals surface area contributed by atoms with E-state index in [4.69, 9.17) is 9.26 Å². The second kappa shape index (κ2) is 7.57. The van der Waals surface area contributed by atoms with Crippen LogP contribution >= 0.6 is 0 Å². The molecule has 7 heteroatoms. The average molecular weight is 341 g/mol. The molecule has 25 heavy (non-hydrogen) atoms. The Morgan fingerprint density at radius 1 is 1.24 bits per heavy atom. The van der Waals surface area contributed by atoms with Gasteiger partial charge in [0, 0.05) is 5.56 Å². The molecule has 128 valence electrons. The van der Waals surface area contributed by atoms with Crippen molar-refractivity contribution in [3.63, 3.8) is 0 Å². The minimum Gasteiger partial charge on any atom is -0.497 e. The smallest absolute Gasteiger partial charge is 0.257 e. The molecule has 0 aliphatic heterocycles. The molecule has 0 spiro atoms. The number of rotatable bonds is 6. The van der Waals surface area contributed by atoms with Gasteiger partial charge < -0.3 is 14.6 Å². The quantitative estimate of drug-likeness (QED) is 0.746. The Morgan fingerprint density at radius 2 is 2.04 bits per heavy atom. The molecule has 0 saturated heterocycles. The Hall–Kier alpha value is -3.22. The van der Waals surface area contributed by atoms with E-state index in [2.05, 4.69) is 15.5 Å². The molecule has 0 radical (unpaired) electrons. The highest BCUT2D eigenvalue weighted by atomic mass is 19.1. The van der Waals surface area contributed by atoms with Crippen LogP contribution in [0.5, 0.6) is 5.75 Å². The fraction of sp³-hybridized carbons (Fsp3) is 0.167. The van der Waals surface area contributed by atoms with Crippen molar-refractivity contribution in [2.24, 2.45) is 0 Å². The largest absolute Gasteiger partial charge is 0.497 e. The van der Waals surface area contributed by atoms with E-state index in [1.807, 2.05) is 0 Å². The SMILES string of the molecule is COc1ccc(-c2nc(CNC(=O)Cc3cccc(F)c3)no2)cc1. The van der Waals surface area contributed by atoms with Crippen LogP contribution in [0.25, 0.3) is 11.5 Å². The molecule has 1 aromatic heterocycles. The average Bonchev–Trinajstić information content (AvgIpc) is 3.09. The monoisotopic (exact) mass is 341 g/mol. The van der Waals surface area contributed by atoms with E-state index in [0.29, 0.717) is 17.3 Å². The van der Waals surface area contributed by atoms with Crippen LogP contribution in [0, 0.1) is 5.82 Å². The summed E-state index contributed by atoms with van der Waals surface area (Å²) < 4.78 is 23.4. The Kier molecular flexibility index (Phi) is 5.03. The molecule has 0 unspecified atom stereocenters. The number of methoxy groups -OCH3 is 1. The molecule has 1 N–H and O–H groups in total. The molecule has 0 saturated carbocycles. The maximum absolute atomic E-state index is 13.1. The van der Waals surface area contributed by atoms with Crippen LogP contribution in [-0.4, -0.2) is 23.2 Å². The van der Waals surface area contributed by atoms with Gasteiger partial charge in [-0.25, -0.2) is 4.39 Å². The van der Waals surface area contributed by atoms with E-state index in [1.54, 1.807) is 43.5 Å².